The lowest BCUT2D eigenvalue weighted by atomic mass is 9.91. The molecule has 1 aromatic heterocycles. The lowest BCUT2D eigenvalue weighted by molar-refractivity contribution is 0.0668. The van der Waals surface area contributed by atoms with E-state index in [1.54, 1.807) is 13.8 Å². The van der Waals surface area contributed by atoms with Crippen LogP contribution in [0.25, 0.3) is 0 Å². The fourth-order valence-corrected chi connectivity index (χ4v) is 2.08. The van der Waals surface area contributed by atoms with Crippen LogP contribution >= 0.6 is 0 Å². The molecule has 5 nitrogen and oxygen atoms in total. The molecular formula is C13H13F4NO4. The minimum Gasteiger partial charge on any atom is -0.478 e. The summed E-state index contributed by atoms with van der Waals surface area (Å²) in [7, 11) is 0. The Morgan fingerprint density at radius 3 is 1.55 bits per heavy atom. The average Bonchev–Trinajstić information content (AvgIpc) is 2.35. The molecule has 0 bridgehead atoms. The maximum Gasteiger partial charge on any atom is 0.338 e. The summed E-state index contributed by atoms with van der Waals surface area (Å²) in [4.78, 5) is 25.4. The van der Waals surface area contributed by atoms with Gasteiger partial charge in [0.1, 0.15) is 11.4 Å². The molecule has 0 aromatic carbocycles. The highest BCUT2D eigenvalue weighted by atomic mass is 19.3. The van der Waals surface area contributed by atoms with Gasteiger partial charge in [-0.2, -0.15) is 0 Å². The molecule has 0 unspecified atom stereocenters. The van der Waals surface area contributed by atoms with Gasteiger partial charge in [-0.3, -0.25) is 0 Å². The molecular weight excluding hydrogens is 310 g/mol. The molecule has 9 heteroatoms. The van der Waals surface area contributed by atoms with Crippen LogP contribution in [0.2, 0.25) is 0 Å². The van der Waals surface area contributed by atoms with Crippen LogP contribution in [0.5, 0.6) is 0 Å². The van der Waals surface area contributed by atoms with E-state index < -0.39 is 52.9 Å². The predicted molar refractivity (Wildman–Crippen MR) is 66.6 cm³/mol. The zero-order valence-corrected chi connectivity index (χ0v) is 11.6. The fourth-order valence-electron chi connectivity index (χ4n) is 2.08. The van der Waals surface area contributed by atoms with Crippen LogP contribution in [-0.4, -0.2) is 27.1 Å². The highest BCUT2D eigenvalue weighted by Crippen LogP contribution is 2.33. The second kappa shape index (κ2) is 6.71. The summed E-state index contributed by atoms with van der Waals surface area (Å²) in [6, 6.07) is 0. The maximum atomic E-state index is 13.0. The first-order valence-corrected chi connectivity index (χ1v) is 6.17. The summed E-state index contributed by atoms with van der Waals surface area (Å²) in [5.74, 6) is -4.00. The number of carbonyl (C=O) groups is 2. The Kier molecular flexibility index (Phi) is 5.45. The molecule has 0 spiro atoms. The van der Waals surface area contributed by atoms with Crippen molar-refractivity contribution in [3.63, 3.8) is 0 Å². The molecule has 0 aliphatic heterocycles. The van der Waals surface area contributed by atoms with Crippen molar-refractivity contribution in [3.05, 3.63) is 28.1 Å². The molecule has 0 aliphatic carbocycles. The van der Waals surface area contributed by atoms with Crippen LogP contribution in [-0.2, 0) is 6.42 Å². The van der Waals surface area contributed by atoms with Crippen molar-refractivity contribution in [1.82, 2.24) is 4.98 Å². The second-order valence-electron chi connectivity index (χ2n) is 4.92. The smallest absolute Gasteiger partial charge is 0.338 e. The molecule has 2 N–H and O–H groups in total. The molecule has 0 saturated heterocycles. The lowest BCUT2D eigenvalue weighted by Gasteiger charge is -2.18. The fraction of sp³-hybridized carbons (Fsp3) is 0.462. The van der Waals surface area contributed by atoms with Crippen LogP contribution in [0.1, 0.15) is 64.4 Å². The van der Waals surface area contributed by atoms with Crippen LogP contribution in [0, 0.1) is 5.92 Å². The van der Waals surface area contributed by atoms with Gasteiger partial charge in [0.2, 0.25) is 0 Å². The second-order valence-corrected chi connectivity index (χ2v) is 4.92. The standard InChI is InChI=1S/C13H13F4NO4/c1-4(2)3-5-6(12(19)20)8(10(14)15)18-9(11(16)17)7(5)13(21)22/h4,10-11H,3H2,1-2H3,(H,19,20)(H,21,22). The summed E-state index contributed by atoms with van der Waals surface area (Å²) >= 11 is 0. The van der Waals surface area contributed by atoms with E-state index in [1.165, 1.54) is 0 Å². The first-order chi connectivity index (χ1) is 10.1. The summed E-state index contributed by atoms with van der Waals surface area (Å²) in [6.07, 6.45) is -7.10. The van der Waals surface area contributed by atoms with E-state index in [0.29, 0.717) is 0 Å². The highest BCUT2D eigenvalue weighted by molar-refractivity contribution is 5.98. The van der Waals surface area contributed by atoms with E-state index >= 15 is 0 Å². The number of hydrogen-bond donors (Lipinski definition) is 2. The van der Waals surface area contributed by atoms with Crippen molar-refractivity contribution in [3.8, 4) is 0 Å². The number of carboxylic acids is 2. The van der Waals surface area contributed by atoms with Gasteiger partial charge < -0.3 is 10.2 Å². The number of rotatable bonds is 6. The number of alkyl halides is 4. The molecule has 0 radical (unpaired) electrons. The monoisotopic (exact) mass is 323 g/mol. The first-order valence-electron chi connectivity index (χ1n) is 6.17. The molecule has 122 valence electrons. The number of nitrogens with zero attached hydrogens (tertiary/aromatic N) is 1. The molecule has 0 saturated carbocycles. The van der Waals surface area contributed by atoms with Crippen molar-refractivity contribution in [2.24, 2.45) is 5.92 Å². The number of halogens is 4. The van der Waals surface area contributed by atoms with E-state index in [1.807, 2.05) is 0 Å². The Morgan fingerprint density at radius 1 is 0.955 bits per heavy atom. The van der Waals surface area contributed by atoms with Crippen molar-refractivity contribution in [2.75, 3.05) is 0 Å². The first kappa shape index (κ1) is 17.9. The van der Waals surface area contributed by atoms with E-state index in [-0.39, 0.29) is 12.3 Å². The van der Waals surface area contributed by atoms with Crippen molar-refractivity contribution in [2.45, 2.75) is 33.1 Å². The third-order valence-corrected chi connectivity index (χ3v) is 2.81. The number of aromatic nitrogens is 1. The Balaban J connectivity index is 3.91. The predicted octanol–water partition coefficient (Wildman–Crippen LogP) is 3.55. The Bertz CT molecular complexity index is 558. The Hall–Kier alpha value is -2.19. The van der Waals surface area contributed by atoms with Gasteiger partial charge in [-0.15, -0.1) is 0 Å². The molecule has 1 heterocycles. The van der Waals surface area contributed by atoms with Crippen LogP contribution in [0.4, 0.5) is 17.6 Å². The number of aromatic carboxylic acids is 2. The summed E-state index contributed by atoms with van der Waals surface area (Å²) < 4.78 is 51.9. The van der Waals surface area contributed by atoms with E-state index in [4.69, 9.17) is 10.2 Å². The minimum absolute atomic E-state index is 0.259. The maximum absolute atomic E-state index is 13.0. The summed E-state index contributed by atoms with van der Waals surface area (Å²) in [5, 5.41) is 18.2. The van der Waals surface area contributed by atoms with Crippen molar-refractivity contribution < 1.29 is 37.4 Å². The van der Waals surface area contributed by atoms with Gasteiger partial charge in [-0.1, -0.05) is 13.8 Å². The number of pyridine rings is 1. The Labute approximate surface area is 122 Å². The number of carboxylic acid groups (broad SMARTS) is 2. The van der Waals surface area contributed by atoms with E-state index in [2.05, 4.69) is 4.98 Å². The van der Waals surface area contributed by atoms with Crippen LogP contribution in [0.15, 0.2) is 0 Å². The van der Waals surface area contributed by atoms with Crippen molar-refractivity contribution in [1.29, 1.82) is 0 Å². The topological polar surface area (TPSA) is 87.5 Å². The summed E-state index contributed by atoms with van der Waals surface area (Å²) in [5.41, 5.74) is -5.29. The van der Waals surface area contributed by atoms with Gasteiger partial charge in [-0.05, 0) is 17.9 Å². The van der Waals surface area contributed by atoms with Gasteiger partial charge in [0, 0.05) is 0 Å². The molecule has 1 rings (SSSR count). The summed E-state index contributed by atoms with van der Waals surface area (Å²) in [6.45, 7) is 3.14. The van der Waals surface area contributed by atoms with Gasteiger partial charge in [0.15, 0.2) is 0 Å². The average molecular weight is 323 g/mol. The third-order valence-electron chi connectivity index (χ3n) is 2.81. The SMILES string of the molecule is CC(C)Cc1c(C(=O)O)c(C(F)F)nc(C(F)F)c1C(=O)O. The van der Waals surface area contributed by atoms with Gasteiger partial charge >= 0.3 is 11.9 Å². The van der Waals surface area contributed by atoms with E-state index in [0.717, 1.165) is 0 Å². The molecule has 0 atom stereocenters. The zero-order valence-electron chi connectivity index (χ0n) is 11.6. The minimum atomic E-state index is -3.42. The highest BCUT2D eigenvalue weighted by Gasteiger charge is 2.33. The van der Waals surface area contributed by atoms with Gasteiger partial charge in [-0.25, -0.2) is 32.1 Å². The van der Waals surface area contributed by atoms with Gasteiger partial charge in [0.05, 0.1) is 11.1 Å². The zero-order chi connectivity index (χ0) is 17.2. The largest absolute Gasteiger partial charge is 0.478 e. The lowest BCUT2D eigenvalue weighted by Crippen LogP contribution is -2.20. The molecule has 1 aromatic rings. The molecule has 22 heavy (non-hydrogen) atoms. The third kappa shape index (κ3) is 3.52. The van der Waals surface area contributed by atoms with E-state index in [9.17, 15) is 27.2 Å². The number of hydrogen-bond acceptors (Lipinski definition) is 3. The Morgan fingerprint density at radius 2 is 1.32 bits per heavy atom. The molecule has 0 fully saturated rings. The normalized spacial score (nSPS) is 11.5. The van der Waals surface area contributed by atoms with Crippen LogP contribution < -0.4 is 0 Å². The van der Waals surface area contributed by atoms with Gasteiger partial charge in [0.25, 0.3) is 12.9 Å². The van der Waals surface area contributed by atoms with Crippen LogP contribution in [0.3, 0.4) is 0 Å². The molecule has 0 amide bonds. The van der Waals surface area contributed by atoms with Crippen molar-refractivity contribution >= 4 is 11.9 Å². The molecule has 0 aliphatic rings. The quantitative estimate of drug-likeness (QED) is 0.782.